The first-order valence-electron chi connectivity index (χ1n) is 9.26. The van der Waals surface area contributed by atoms with Crippen LogP contribution in [0.4, 0.5) is 5.69 Å². The number of nitrogens with one attached hydrogen (secondary N) is 1. The number of esters is 1. The Labute approximate surface area is 171 Å². The molecule has 29 heavy (non-hydrogen) atoms. The lowest BCUT2D eigenvalue weighted by molar-refractivity contribution is 0.0600. The van der Waals surface area contributed by atoms with Crippen molar-refractivity contribution in [3.05, 3.63) is 58.7 Å². The average Bonchev–Trinajstić information content (AvgIpc) is 2.71. The predicted octanol–water partition coefficient (Wildman–Crippen LogP) is 3.37. The number of carbonyl (C=O) groups excluding carboxylic acids is 2. The summed E-state index contributed by atoms with van der Waals surface area (Å²) in [6.45, 7) is 7.87. The number of hydrogen-bond acceptors (Lipinski definition) is 5. The summed E-state index contributed by atoms with van der Waals surface area (Å²) in [6.07, 6.45) is 0. The smallest absolute Gasteiger partial charge is 0.337 e. The quantitative estimate of drug-likeness (QED) is 0.696. The number of amides is 1. The SMILES string of the molecule is CCN(CC)S(=O)(=O)c1cc(C)c(C)c(NC(=O)c2cccc(C(=O)OC)c2)c1. The molecule has 156 valence electrons. The predicted molar refractivity (Wildman–Crippen MR) is 112 cm³/mol. The fourth-order valence-corrected chi connectivity index (χ4v) is 4.49. The number of benzene rings is 2. The van der Waals surface area contributed by atoms with Crippen LogP contribution in [0, 0.1) is 13.8 Å². The van der Waals surface area contributed by atoms with E-state index in [2.05, 4.69) is 10.1 Å². The van der Waals surface area contributed by atoms with Gasteiger partial charge in [0.25, 0.3) is 5.91 Å². The first kappa shape index (κ1) is 22.6. The number of carbonyl (C=O) groups is 2. The highest BCUT2D eigenvalue weighted by Gasteiger charge is 2.23. The first-order valence-corrected chi connectivity index (χ1v) is 10.7. The first-order chi connectivity index (χ1) is 13.6. The molecule has 0 saturated carbocycles. The maximum Gasteiger partial charge on any atom is 0.337 e. The van der Waals surface area contributed by atoms with Crippen molar-refractivity contribution in [2.75, 3.05) is 25.5 Å². The van der Waals surface area contributed by atoms with Gasteiger partial charge < -0.3 is 10.1 Å². The van der Waals surface area contributed by atoms with Crippen LogP contribution in [0.5, 0.6) is 0 Å². The minimum Gasteiger partial charge on any atom is -0.465 e. The van der Waals surface area contributed by atoms with Crippen LogP contribution in [-0.2, 0) is 14.8 Å². The summed E-state index contributed by atoms with van der Waals surface area (Å²) in [5, 5.41) is 2.76. The molecule has 2 rings (SSSR count). The molecule has 2 aromatic carbocycles. The number of hydrogen-bond donors (Lipinski definition) is 1. The summed E-state index contributed by atoms with van der Waals surface area (Å²) in [7, 11) is -2.40. The highest BCUT2D eigenvalue weighted by Crippen LogP contribution is 2.26. The maximum absolute atomic E-state index is 12.9. The van der Waals surface area contributed by atoms with Crippen LogP contribution in [0.15, 0.2) is 41.3 Å². The lowest BCUT2D eigenvalue weighted by Gasteiger charge is -2.20. The van der Waals surface area contributed by atoms with E-state index < -0.39 is 21.9 Å². The van der Waals surface area contributed by atoms with E-state index in [1.54, 1.807) is 45.0 Å². The highest BCUT2D eigenvalue weighted by atomic mass is 32.2. The van der Waals surface area contributed by atoms with Gasteiger partial charge in [0.2, 0.25) is 10.0 Å². The standard InChI is InChI=1S/C21H26N2O5S/c1-6-23(7-2)29(26,27)18-11-14(3)15(4)19(13-18)22-20(24)16-9-8-10-17(12-16)21(25)28-5/h8-13H,6-7H2,1-5H3,(H,22,24). The Balaban J connectivity index is 2.42. The largest absolute Gasteiger partial charge is 0.465 e. The van der Waals surface area contributed by atoms with Crippen molar-refractivity contribution in [2.24, 2.45) is 0 Å². The van der Waals surface area contributed by atoms with Gasteiger partial charge in [-0.25, -0.2) is 13.2 Å². The summed E-state index contributed by atoms with van der Waals surface area (Å²) in [5.41, 5.74) is 2.44. The van der Waals surface area contributed by atoms with E-state index >= 15 is 0 Å². The van der Waals surface area contributed by atoms with Crippen LogP contribution < -0.4 is 5.32 Å². The van der Waals surface area contributed by atoms with E-state index in [1.165, 1.54) is 23.5 Å². The summed E-state index contributed by atoms with van der Waals surface area (Å²) >= 11 is 0. The number of aryl methyl sites for hydroxylation is 1. The molecule has 0 fully saturated rings. The van der Waals surface area contributed by atoms with Gasteiger partial charge in [0, 0.05) is 24.3 Å². The zero-order chi connectivity index (χ0) is 21.8. The number of nitrogens with zero attached hydrogens (tertiary/aromatic N) is 1. The average molecular weight is 419 g/mol. The van der Waals surface area contributed by atoms with E-state index in [1.807, 2.05) is 6.92 Å². The van der Waals surface area contributed by atoms with Crippen LogP contribution >= 0.6 is 0 Å². The van der Waals surface area contributed by atoms with Crippen molar-refractivity contribution in [3.63, 3.8) is 0 Å². The fraction of sp³-hybridized carbons (Fsp3) is 0.333. The minimum atomic E-state index is -3.66. The van der Waals surface area contributed by atoms with Gasteiger partial charge in [0.1, 0.15) is 0 Å². The van der Waals surface area contributed by atoms with Gasteiger partial charge in [-0.1, -0.05) is 19.9 Å². The van der Waals surface area contributed by atoms with Crippen molar-refractivity contribution >= 4 is 27.6 Å². The summed E-state index contributed by atoms with van der Waals surface area (Å²) in [6, 6.07) is 9.21. The molecule has 7 nitrogen and oxygen atoms in total. The van der Waals surface area contributed by atoms with E-state index in [0.717, 1.165) is 11.1 Å². The topological polar surface area (TPSA) is 92.8 Å². The molecule has 0 saturated heterocycles. The third-order valence-electron chi connectivity index (χ3n) is 4.78. The second-order valence-electron chi connectivity index (χ2n) is 6.53. The van der Waals surface area contributed by atoms with Crippen LogP contribution in [0.3, 0.4) is 0 Å². The molecular formula is C21H26N2O5S. The van der Waals surface area contributed by atoms with Crippen LogP contribution in [-0.4, -0.2) is 44.8 Å². The number of sulfonamides is 1. The molecule has 0 aromatic heterocycles. The molecule has 0 aliphatic rings. The summed E-state index contributed by atoms with van der Waals surface area (Å²) < 4.78 is 31.8. The van der Waals surface area contributed by atoms with E-state index in [4.69, 9.17) is 0 Å². The van der Waals surface area contributed by atoms with Crippen LogP contribution in [0.1, 0.15) is 45.7 Å². The Morgan fingerprint density at radius 1 is 1.03 bits per heavy atom. The zero-order valence-electron chi connectivity index (χ0n) is 17.3. The number of rotatable bonds is 7. The van der Waals surface area contributed by atoms with E-state index in [0.29, 0.717) is 18.8 Å². The molecule has 0 aliphatic heterocycles. The van der Waals surface area contributed by atoms with Gasteiger partial charge in [0.15, 0.2) is 0 Å². The molecule has 0 radical (unpaired) electrons. The van der Waals surface area contributed by atoms with Crippen LogP contribution in [0.25, 0.3) is 0 Å². The lowest BCUT2D eigenvalue weighted by Crippen LogP contribution is -2.30. The van der Waals surface area contributed by atoms with Gasteiger partial charge in [-0.05, 0) is 55.3 Å². The van der Waals surface area contributed by atoms with Gasteiger partial charge in [-0.15, -0.1) is 0 Å². The monoisotopic (exact) mass is 418 g/mol. The third kappa shape index (κ3) is 4.83. The summed E-state index contributed by atoms with van der Waals surface area (Å²) in [5.74, 6) is -0.991. The van der Waals surface area contributed by atoms with Gasteiger partial charge >= 0.3 is 5.97 Å². The van der Waals surface area contributed by atoms with E-state index in [-0.39, 0.29) is 16.0 Å². The Kier molecular flexibility index (Phi) is 7.16. The number of anilines is 1. The van der Waals surface area contributed by atoms with Crippen molar-refractivity contribution < 1.29 is 22.7 Å². The molecule has 0 bridgehead atoms. The zero-order valence-corrected chi connectivity index (χ0v) is 18.1. The highest BCUT2D eigenvalue weighted by molar-refractivity contribution is 7.89. The second kappa shape index (κ2) is 9.19. The van der Waals surface area contributed by atoms with Gasteiger partial charge in [-0.2, -0.15) is 4.31 Å². The minimum absolute atomic E-state index is 0.128. The molecular weight excluding hydrogens is 392 g/mol. The Hall–Kier alpha value is -2.71. The fourth-order valence-electron chi connectivity index (χ4n) is 2.92. The van der Waals surface area contributed by atoms with Crippen molar-refractivity contribution in [2.45, 2.75) is 32.6 Å². The lowest BCUT2D eigenvalue weighted by atomic mass is 10.1. The molecule has 0 aliphatic carbocycles. The van der Waals surface area contributed by atoms with Crippen molar-refractivity contribution in [1.82, 2.24) is 4.31 Å². The number of ether oxygens (including phenoxy) is 1. The van der Waals surface area contributed by atoms with Gasteiger partial charge in [0.05, 0.1) is 17.6 Å². The normalized spacial score (nSPS) is 11.4. The maximum atomic E-state index is 12.9. The molecule has 1 N–H and O–H groups in total. The third-order valence-corrected chi connectivity index (χ3v) is 6.81. The molecule has 1 amide bonds. The molecule has 0 unspecified atom stereocenters. The Bertz CT molecular complexity index is 1030. The Morgan fingerprint density at radius 2 is 1.66 bits per heavy atom. The molecule has 0 heterocycles. The van der Waals surface area contributed by atoms with Crippen molar-refractivity contribution in [3.8, 4) is 0 Å². The molecule has 2 aromatic rings. The second-order valence-corrected chi connectivity index (χ2v) is 8.47. The number of methoxy groups -OCH3 is 1. The van der Waals surface area contributed by atoms with E-state index in [9.17, 15) is 18.0 Å². The van der Waals surface area contributed by atoms with Gasteiger partial charge in [-0.3, -0.25) is 4.79 Å². The molecule has 8 heteroatoms. The van der Waals surface area contributed by atoms with Crippen molar-refractivity contribution in [1.29, 1.82) is 0 Å². The molecule has 0 atom stereocenters. The van der Waals surface area contributed by atoms with Crippen LogP contribution in [0.2, 0.25) is 0 Å². The summed E-state index contributed by atoms with van der Waals surface area (Å²) in [4.78, 5) is 24.5. The Morgan fingerprint density at radius 3 is 2.24 bits per heavy atom. The molecule has 0 spiro atoms.